The summed E-state index contributed by atoms with van der Waals surface area (Å²) in [4.78, 5) is 0.166. The highest BCUT2D eigenvalue weighted by Gasteiger charge is 2.14. The molecule has 0 heterocycles. The topological polar surface area (TPSA) is 0 Å². The number of halogens is 3. The van der Waals surface area contributed by atoms with Crippen molar-refractivity contribution in [3.8, 4) is 0 Å². The van der Waals surface area contributed by atoms with Gasteiger partial charge in [-0.1, -0.05) is 70.0 Å². The van der Waals surface area contributed by atoms with Crippen LogP contribution < -0.4 is 0 Å². The molecule has 3 heteroatoms. The van der Waals surface area contributed by atoms with Crippen LogP contribution in [-0.4, -0.2) is 0 Å². The van der Waals surface area contributed by atoms with Gasteiger partial charge in [-0.2, -0.15) is 0 Å². The van der Waals surface area contributed by atoms with Crippen LogP contribution in [0.2, 0.25) is 5.02 Å². The molecule has 0 fully saturated rings. The summed E-state index contributed by atoms with van der Waals surface area (Å²) in [6.45, 7) is 0. The molecule has 0 saturated heterocycles. The van der Waals surface area contributed by atoms with Crippen molar-refractivity contribution < 1.29 is 0 Å². The molecule has 0 aliphatic heterocycles. The molecule has 0 saturated carbocycles. The van der Waals surface area contributed by atoms with Gasteiger partial charge in [-0.15, -0.1) is 0 Å². The van der Waals surface area contributed by atoms with Crippen molar-refractivity contribution in [3.63, 3.8) is 0 Å². The van der Waals surface area contributed by atoms with Crippen LogP contribution in [0.4, 0.5) is 0 Å². The standard InChI is InChI=1S/C17H11BrClI/c18-17(11-4-3-5-12(20)10-11)15-8-9-16(19)14-7-2-1-6-13(14)15/h1-10,17H. The van der Waals surface area contributed by atoms with Crippen LogP contribution in [0.25, 0.3) is 10.8 Å². The summed E-state index contributed by atoms with van der Waals surface area (Å²) in [5.41, 5.74) is 2.50. The zero-order valence-electron chi connectivity index (χ0n) is 10.5. The van der Waals surface area contributed by atoms with Crippen molar-refractivity contribution in [3.05, 3.63) is 80.4 Å². The van der Waals surface area contributed by atoms with Crippen LogP contribution in [-0.2, 0) is 0 Å². The van der Waals surface area contributed by atoms with Crippen LogP contribution in [0.15, 0.2) is 60.7 Å². The third-order valence-electron chi connectivity index (χ3n) is 3.32. The molecule has 0 bridgehead atoms. The van der Waals surface area contributed by atoms with Gasteiger partial charge in [0.15, 0.2) is 0 Å². The van der Waals surface area contributed by atoms with Crippen molar-refractivity contribution in [2.75, 3.05) is 0 Å². The van der Waals surface area contributed by atoms with E-state index in [4.69, 9.17) is 11.6 Å². The third-order valence-corrected chi connectivity index (χ3v) is 5.34. The quantitative estimate of drug-likeness (QED) is 0.301. The summed E-state index contributed by atoms with van der Waals surface area (Å²) in [5, 5.41) is 3.09. The zero-order chi connectivity index (χ0) is 14.1. The minimum atomic E-state index is 0.166. The fourth-order valence-corrected chi connectivity index (χ4v) is 3.83. The molecule has 0 amide bonds. The summed E-state index contributed by atoms with van der Waals surface area (Å²) in [7, 11) is 0. The van der Waals surface area contributed by atoms with E-state index in [1.54, 1.807) is 0 Å². The third kappa shape index (κ3) is 2.74. The average molecular weight is 458 g/mol. The van der Waals surface area contributed by atoms with Gasteiger partial charge in [0.2, 0.25) is 0 Å². The highest BCUT2D eigenvalue weighted by molar-refractivity contribution is 14.1. The molecule has 3 aromatic rings. The molecule has 3 rings (SSSR count). The molecule has 0 nitrogen and oxygen atoms in total. The Hall–Kier alpha value is -0.580. The Morgan fingerprint density at radius 3 is 2.40 bits per heavy atom. The average Bonchev–Trinajstić information content (AvgIpc) is 2.47. The lowest BCUT2D eigenvalue weighted by molar-refractivity contribution is 1.19. The predicted molar refractivity (Wildman–Crippen MR) is 98.9 cm³/mol. The molecule has 100 valence electrons. The van der Waals surface area contributed by atoms with E-state index in [-0.39, 0.29) is 4.83 Å². The zero-order valence-corrected chi connectivity index (χ0v) is 15.0. The normalized spacial score (nSPS) is 12.6. The molecule has 1 unspecified atom stereocenters. The molecular weight excluding hydrogens is 446 g/mol. The Morgan fingerprint density at radius 1 is 0.900 bits per heavy atom. The van der Waals surface area contributed by atoms with Gasteiger partial charge < -0.3 is 0 Å². The predicted octanol–water partition coefficient (Wildman–Crippen LogP) is 6.58. The first-order chi connectivity index (χ1) is 9.66. The van der Waals surface area contributed by atoms with Gasteiger partial charge >= 0.3 is 0 Å². The molecule has 1 atom stereocenters. The second-order valence-electron chi connectivity index (χ2n) is 4.60. The van der Waals surface area contributed by atoms with Crippen LogP contribution in [0, 0.1) is 3.57 Å². The lowest BCUT2D eigenvalue weighted by Gasteiger charge is -2.15. The Bertz CT molecular complexity index is 770. The van der Waals surface area contributed by atoms with E-state index in [1.165, 1.54) is 20.1 Å². The Morgan fingerprint density at radius 2 is 1.65 bits per heavy atom. The summed E-state index contributed by atoms with van der Waals surface area (Å²) in [6, 6.07) is 20.9. The molecule has 0 aliphatic carbocycles. The van der Waals surface area contributed by atoms with Crippen LogP contribution >= 0.6 is 50.1 Å². The second-order valence-corrected chi connectivity index (χ2v) is 7.17. The van der Waals surface area contributed by atoms with Crippen LogP contribution in [0.1, 0.15) is 16.0 Å². The van der Waals surface area contributed by atoms with Crippen molar-refractivity contribution >= 4 is 60.9 Å². The number of hydrogen-bond acceptors (Lipinski definition) is 0. The number of fused-ring (bicyclic) bond motifs is 1. The largest absolute Gasteiger partial charge is 0.0837 e. The van der Waals surface area contributed by atoms with Gasteiger partial charge in [-0.25, -0.2) is 0 Å². The first-order valence-electron chi connectivity index (χ1n) is 6.23. The van der Waals surface area contributed by atoms with E-state index in [2.05, 4.69) is 87.1 Å². The first-order valence-corrected chi connectivity index (χ1v) is 8.61. The van der Waals surface area contributed by atoms with Crippen molar-refractivity contribution in [2.45, 2.75) is 4.83 Å². The lowest BCUT2D eigenvalue weighted by Crippen LogP contribution is -1.95. The molecule has 0 aliphatic rings. The van der Waals surface area contributed by atoms with Gasteiger partial charge in [-0.3, -0.25) is 0 Å². The highest BCUT2D eigenvalue weighted by atomic mass is 127. The summed E-state index contributed by atoms with van der Waals surface area (Å²) in [6.07, 6.45) is 0. The van der Waals surface area contributed by atoms with E-state index < -0.39 is 0 Å². The van der Waals surface area contributed by atoms with E-state index >= 15 is 0 Å². The summed E-state index contributed by atoms with van der Waals surface area (Å²) >= 11 is 12.5. The lowest BCUT2D eigenvalue weighted by atomic mass is 9.98. The van der Waals surface area contributed by atoms with Gasteiger partial charge in [-0.05, 0) is 57.3 Å². The molecule has 0 N–H and O–H groups in total. The van der Waals surface area contributed by atoms with E-state index in [9.17, 15) is 0 Å². The van der Waals surface area contributed by atoms with E-state index in [0.29, 0.717) is 0 Å². The summed E-state index contributed by atoms with van der Waals surface area (Å²) in [5.74, 6) is 0. The monoisotopic (exact) mass is 456 g/mol. The van der Waals surface area contributed by atoms with Gasteiger partial charge in [0.05, 0.1) is 4.83 Å². The van der Waals surface area contributed by atoms with Crippen LogP contribution in [0.3, 0.4) is 0 Å². The maximum absolute atomic E-state index is 6.29. The van der Waals surface area contributed by atoms with Gasteiger partial charge in [0, 0.05) is 14.0 Å². The molecule has 0 radical (unpaired) electrons. The number of alkyl halides is 1. The van der Waals surface area contributed by atoms with Crippen molar-refractivity contribution in [2.24, 2.45) is 0 Å². The Kier molecular flexibility index (Phi) is 4.34. The molecule has 20 heavy (non-hydrogen) atoms. The van der Waals surface area contributed by atoms with E-state index in [0.717, 1.165) is 10.4 Å². The number of hydrogen-bond donors (Lipinski definition) is 0. The van der Waals surface area contributed by atoms with Crippen LogP contribution in [0.5, 0.6) is 0 Å². The molecule has 0 spiro atoms. The highest BCUT2D eigenvalue weighted by Crippen LogP contribution is 2.37. The Labute approximate surface area is 145 Å². The van der Waals surface area contributed by atoms with Gasteiger partial charge in [0.25, 0.3) is 0 Å². The smallest absolute Gasteiger partial charge is 0.0650 e. The summed E-state index contributed by atoms with van der Waals surface area (Å²) < 4.78 is 1.24. The SMILES string of the molecule is Clc1ccc(C(Br)c2cccc(I)c2)c2ccccc12. The van der Waals surface area contributed by atoms with Gasteiger partial charge in [0.1, 0.15) is 0 Å². The minimum Gasteiger partial charge on any atom is -0.0837 e. The fourth-order valence-electron chi connectivity index (χ4n) is 2.35. The minimum absolute atomic E-state index is 0.166. The van der Waals surface area contributed by atoms with E-state index in [1.807, 2.05) is 12.1 Å². The molecule has 3 aromatic carbocycles. The first kappa shape index (κ1) is 14.4. The fraction of sp³-hybridized carbons (Fsp3) is 0.0588. The second kappa shape index (κ2) is 6.04. The maximum atomic E-state index is 6.29. The maximum Gasteiger partial charge on any atom is 0.0650 e. The number of benzene rings is 3. The molecule has 0 aromatic heterocycles. The van der Waals surface area contributed by atoms with Crippen molar-refractivity contribution in [1.29, 1.82) is 0 Å². The Balaban J connectivity index is 2.17. The number of rotatable bonds is 2. The van der Waals surface area contributed by atoms with Crippen molar-refractivity contribution in [1.82, 2.24) is 0 Å². The molecular formula is C17H11BrClI.